The Morgan fingerprint density at radius 2 is 1.59 bits per heavy atom. The molecule has 0 aliphatic carbocycles. The van der Waals surface area contributed by atoms with Gasteiger partial charge in [-0.25, -0.2) is 4.68 Å². The Kier molecular flexibility index (Phi) is 5.62. The number of alkyl halides is 3. The molecule has 2 heterocycles. The van der Waals surface area contributed by atoms with Crippen LogP contribution in [-0.4, -0.2) is 38.2 Å². The summed E-state index contributed by atoms with van der Waals surface area (Å²) in [6, 6.07) is 14.9. The van der Waals surface area contributed by atoms with Crippen molar-refractivity contribution >= 4 is 0 Å². The fourth-order valence-electron chi connectivity index (χ4n) is 3.83. The number of hydrogen-bond donors (Lipinski definition) is 0. The number of benzene rings is 2. The van der Waals surface area contributed by atoms with E-state index in [0.29, 0.717) is 12.4 Å². The maximum absolute atomic E-state index is 13.0. The molecule has 2 aromatic carbocycles. The lowest BCUT2D eigenvalue weighted by Gasteiger charge is -2.34. The minimum Gasteiger partial charge on any atom is -0.290 e. The number of hydrogen-bond acceptors (Lipinski definition) is 4. The molecule has 1 unspecified atom stereocenters. The molecule has 0 bridgehead atoms. The van der Waals surface area contributed by atoms with Gasteiger partial charge in [0.1, 0.15) is 0 Å². The highest BCUT2D eigenvalue weighted by Gasteiger charge is 2.32. The summed E-state index contributed by atoms with van der Waals surface area (Å²) in [7, 11) is 0. The van der Waals surface area contributed by atoms with Gasteiger partial charge < -0.3 is 0 Å². The lowest BCUT2D eigenvalue weighted by atomic mass is 9.99. The predicted molar refractivity (Wildman–Crippen MR) is 102 cm³/mol. The topological polar surface area (TPSA) is 46.8 Å². The second kappa shape index (κ2) is 8.32. The molecular weight excluding hydrogens is 379 g/mol. The molecule has 29 heavy (non-hydrogen) atoms. The third-order valence-corrected chi connectivity index (χ3v) is 5.29. The second-order valence-electron chi connectivity index (χ2n) is 7.30. The average Bonchev–Trinajstić information content (AvgIpc) is 3.17. The monoisotopic (exact) mass is 401 g/mol. The highest BCUT2D eigenvalue weighted by molar-refractivity contribution is 5.30. The van der Waals surface area contributed by atoms with Crippen LogP contribution in [0.5, 0.6) is 0 Å². The number of piperidine rings is 1. The van der Waals surface area contributed by atoms with Crippen molar-refractivity contribution in [3.8, 4) is 0 Å². The van der Waals surface area contributed by atoms with Gasteiger partial charge in [0.15, 0.2) is 5.82 Å². The van der Waals surface area contributed by atoms with E-state index in [9.17, 15) is 13.2 Å². The van der Waals surface area contributed by atoms with Crippen molar-refractivity contribution in [1.82, 2.24) is 25.1 Å². The number of nitrogens with zero attached hydrogens (tertiary/aromatic N) is 5. The van der Waals surface area contributed by atoms with Crippen LogP contribution >= 0.6 is 0 Å². The van der Waals surface area contributed by atoms with Crippen molar-refractivity contribution in [3.63, 3.8) is 0 Å². The molecule has 0 saturated carbocycles. The lowest BCUT2D eigenvalue weighted by molar-refractivity contribution is -0.137. The van der Waals surface area contributed by atoms with E-state index in [4.69, 9.17) is 0 Å². The summed E-state index contributed by atoms with van der Waals surface area (Å²) in [4.78, 5) is 2.26. The highest BCUT2D eigenvalue weighted by atomic mass is 19.4. The van der Waals surface area contributed by atoms with E-state index >= 15 is 0 Å². The van der Waals surface area contributed by atoms with E-state index in [1.54, 1.807) is 16.8 Å². The molecule has 1 aliphatic heterocycles. The Morgan fingerprint density at radius 3 is 2.24 bits per heavy atom. The van der Waals surface area contributed by atoms with Crippen LogP contribution in [0.4, 0.5) is 13.2 Å². The number of aromatic nitrogens is 4. The molecule has 8 heteroatoms. The number of halogens is 3. The van der Waals surface area contributed by atoms with E-state index in [1.807, 2.05) is 30.3 Å². The predicted octanol–water partition coefficient (Wildman–Crippen LogP) is 4.32. The molecule has 3 aromatic rings. The van der Waals surface area contributed by atoms with Crippen molar-refractivity contribution in [2.45, 2.75) is 38.0 Å². The van der Waals surface area contributed by atoms with Crippen LogP contribution in [0.3, 0.4) is 0 Å². The first kappa shape index (κ1) is 19.6. The SMILES string of the molecule is FC(F)(F)c1ccc(C(c2nnnn2Cc2ccccc2)N2CCCCC2)cc1. The molecule has 1 atom stereocenters. The van der Waals surface area contributed by atoms with E-state index in [0.717, 1.165) is 55.6 Å². The zero-order valence-corrected chi connectivity index (χ0v) is 15.9. The molecule has 152 valence electrons. The molecule has 1 aromatic heterocycles. The third-order valence-electron chi connectivity index (χ3n) is 5.29. The highest BCUT2D eigenvalue weighted by Crippen LogP contribution is 2.33. The first-order valence-corrected chi connectivity index (χ1v) is 9.73. The summed E-state index contributed by atoms with van der Waals surface area (Å²) in [5, 5.41) is 12.3. The fraction of sp³-hybridized carbons (Fsp3) is 0.381. The van der Waals surface area contributed by atoms with Gasteiger partial charge in [-0.3, -0.25) is 4.90 Å². The van der Waals surface area contributed by atoms with Crippen LogP contribution < -0.4 is 0 Å². The molecule has 0 radical (unpaired) electrons. The van der Waals surface area contributed by atoms with Gasteiger partial charge in [-0.15, -0.1) is 5.10 Å². The Bertz CT molecular complexity index is 915. The quantitative estimate of drug-likeness (QED) is 0.639. The Morgan fingerprint density at radius 1 is 0.897 bits per heavy atom. The van der Waals surface area contributed by atoms with Gasteiger partial charge in [0.05, 0.1) is 18.2 Å². The number of tetrazole rings is 1. The van der Waals surface area contributed by atoms with Crippen LogP contribution in [0, 0.1) is 0 Å². The smallest absolute Gasteiger partial charge is 0.290 e. The maximum Gasteiger partial charge on any atom is 0.416 e. The second-order valence-corrected chi connectivity index (χ2v) is 7.30. The molecule has 4 rings (SSSR count). The standard InChI is InChI=1S/C21H22F3N5/c22-21(23,24)18-11-9-17(10-12-18)19(28-13-5-2-6-14-28)20-25-26-27-29(20)15-16-7-3-1-4-8-16/h1,3-4,7-12,19H,2,5-6,13-15H2. The van der Waals surface area contributed by atoms with Crippen molar-refractivity contribution in [2.24, 2.45) is 0 Å². The van der Waals surface area contributed by atoms with E-state index in [1.165, 1.54) is 0 Å². The molecule has 0 amide bonds. The summed E-state index contributed by atoms with van der Waals surface area (Å²) in [6.45, 7) is 2.24. The Labute approximate surface area is 167 Å². The summed E-state index contributed by atoms with van der Waals surface area (Å²) < 4.78 is 40.8. The average molecular weight is 401 g/mol. The van der Waals surface area contributed by atoms with Gasteiger partial charge in [-0.05, 0) is 59.6 Å². The van der Waals surface area contributed by atoms with Crippen LogP contribution in [-0.2, 0) is 12.7 Å². The first-order chi connectivity index (χ1) is 14.0. The van der Waals surface area contributed by atoms with Gasteiger partial charge in [-0.1, -0.05) is 48.9 Å². The molecule has 0 spiro atoms. The van der Waals surface area contributed by atoms with Gasteiger partial charge in [-0.2, -0.15) is 13.2 Å². The molecule has 0 N–H and O–H groups in total. The zero-order valence-electron chi connectivity index (χ0n) is 15.9. The number of rotatable bonds is 5. The fourth-order valence-corrected chi connectivity index (χ4v) is 3.83. The molecular formula is C21H22F3N5. The van der Waals surface area contributed by atoms with Crippen LogP contribution in [0.25, 0.3) is 0 Å². The van der Waals surface area contributed by atoms with Crippen LogP contribution in [0.15, 0.2) is 54.6 Å². The van der Waals surface area contributed by atoms with Gasteiger partial charge in [0.25, 0.3) is 0 Å². The summed E-state index contributed by atoms with van der Waals surface area (Å²) in [6.07, 6.45) is -1.09. The molecule has 1 saturated heterocycles. The Hall–Kier alpha value is -2.74. The van der Waals surface area contributed by atoms with Crippen molar-refractivity contribution < 1.29 is 13.2 Å². The minimum atomic E-state index is -4.35. The minimum absolute atomic E-state index is 0.281. The summed E-state index contributed by atoms with van der Waals surface area (Å²) >= 11 is 0. The van der Waals surface area contributed by atoms with Crippen LogP contribution in [0.2, 0.25) is 0 Å². The van der Waals surface area contributed by atoms with Gasteiger partial charge in [0.2, 0.25) is 0 Å². The van der Waals surface area contributed by atoms with Crippen LogP contribution in [0.1, 0.15) is 47.8 Å². The van der Waals surface area contributed by atoms with E-state index in [2.05, 4.69) is 20.4 Å². The summed E-state index contributed by atoms with van der Waals surface area (Å²) in [5.41, 5.74) is 1.18. The maximum atomic E-state index is 13.0. The lowest BCUT2D eigenvalue weighted by Crippen LogP contribution is -2.36. The Balaban J connectivity index is 1.69. The first-order valence-electron chi connectivity index (χ1n) is 9.73. The zero-order chi connectivity index (χ0) is 20.3. The van der Waals surface area contributed by atoms with Crippen molar-refractivity contribution in [3.05, 3.63) is 77.1 Å². The van der Waals surface area contributed by atoms with Crippen molar-refractivity contribution in [2.75, 3.05) is 13.1 Å². The van der Waals surface area contributed by atoms with Crippen molar-refractivity contribution in [1.29, 1.82) is 0 Å². The molecule has 5 nitrogen and oxygen atoms in total. The third kappa shape index (κ3) is 4.48. The summed E-state index contributed by atoms with van der Waals surface area (Å²) in [5.74, 6) is 0.649. The van der Waals surface area contributed by atoms with E-state index in [-0.39, 0.29) is 6.04 Å². The van der Waals surface area contributed by atoms with Gasteiger partial charge in [0, 0.05) is 0 Å². The largest absolute Gasteiger partial charge is 0.416 e. The van der Waals surface area contributed by atoms with E-state index < -0.39 is 11.7 Å². The molecule has 1 fully saturated rings. The number of likely N-dealkylation sites (tertiary alicyclic amines) is 1. The molecule has 1 aliphatic rings. The van der Waals surface area contributed by atoms with Gasteiger partial charge >= 0.3 is 6.18 Å². The normalized spacial score (nSPS) is 16.7.